The molecule has 0 aliphatic heterocycles. The smallest absolute Gasteiger partial charge is 0.00259 e. The molecule has 0 spiro atoms. The Morgan fingerprint density at radius 2 is 0.667 bits per heavy atom. The van der Waals surface area contributed by atoms with E-state index in [-0.39, 0.29) is 0 Å². The Hall–Kier alpha value is -5.46. The summed E-state index contributed by atoms with van der Waals surface area (Å²) in [6.07, 6.45) is 0. The average Bonchev–Trinajstić information content (AvgIpc) is 3.39. The minimum atomic E-state index is 1.24. The fourth-order valence-electron chi connectivity index (χ4n) is 6.92. The van der Waals surface area contributed by atoms with Crippen molar-refractivity contribution >= 4 is 32.3 Å². The molecule has 194 valence electrons. The van der Waals surface area contributed by atoms with Gasteiger partial charge in [-0.2, -0.15) is 0 Å². The van der Waals surface area contributed by atoms with E-state index in [9.17, 15) is 0 Å². The van der Waals surface area contributed by atoms with Crippen molar-refractivity contribution in [2.45, 2.75) is 0 Å². The van der Waals surface area contributed by atoms with Crippen LogP contribution in [-0.4, -0.2) is 0 Å². The molecule has 8 aromatic rings. The van der Waals surface area contributed by atoms with Gasteiger partial charge in [-0.1, -0.05) is 127 Å². The van der Waals surface area contributed by atoms with Crippen molar-refractivity contribution in [3.05, 3.63) is 158 Å². The van der Waals surface area contributed by atoms with Crippen LogP contribution in [-0.2, 0) is 0 Å². The molecule has 1 aliphatic carbocycles. The van der Waals surface area contributed by atoms with Gasteiger partial charge < -0.3 is 0 Å². The average molecular weight is 531 g/mol. The quantitative estimate of drug-likeness (QED) is 0.213. The Balaban J connectivity index is 1.13. The van der Waals surface area contributed by atoms with Crippen LogP contribution < -0.4 is 0 Å². The third kappa shape index (κ3) is 3.56. The zero-order chi connectivity index (χ0) is 27.6. The van der Waals surface area contributed by atoms with Gasteiger partial charge in [0.05, 0.1) is 0 Å². The van der Waals surface area contributed by atoms with E-state index < -0.39 is 0 Å². The summed E-state index contributed by atoms with van der Waals surface area (Å²) in [4.78, 5) is 0. The Morgan fingerprint density at radius 3 is 1.38 bits per heavy atom. The van der Waals surface area contributed by atoms with Crippen LogP contribution in [0.1, 0.15) is 0 Å². The maximum atomic E-state index is 2.38. The van der Waals surface area contributed by atoms with Crippen molar-refractivity contribution in [3.8, 4) is 55.6 Å². The van der Waals surface area contributed by atoms with Gasteiger partial charge in [0, 0.05) is 0 Å². The third-order valence-corrected chi connectivity index (χ3v) is 8.96. The van der Waals surface area contributed by atoms with Crippen molar-refractivity contribution in [2.24, 2.45) is 0 Å². The van der Waals surface area contributed by atoms with Crippen LogP contribution in [0.15, 0.2) is 158 Å². The predicted molar refractivity (Wildman–Crippen MR) is 180 cm³/mol. The van der Waals surface area contributed by atoms with Gasteiger partial charge in [0.2, 0.25) is 0 Å². The van der Waals surface area contributed by atoms with Crippen LogP contribution >= 0.6 is 0 Å². The number of benzene rings is 8. The van der Waals surface area contributed by atoms with Gasteiger partial charge in [-0.3, -0.25) is 0 Å². The first-order valence-corrected chi connectivity index (χ1v) is 14.6. The van der Waals surface area contributed by atoms with Crippen LogP contribution in [0.2, 0.25) is 0 Å². The van der Waals surface area contributed by atoms with Gasteiger partial charge in [-0.15, -0.1) is 0 Å². The van der Waals surface area contributed by atoms with Crippen molar-refractivity contribution in [2.75, 3.05) is 0 Å². The predicted octanol–water partition coefficient (Wildman–Crippen LogP) is 11.8. The van der Waals surface area contributed by atoms with Crippen LogP contribution in [0.3, 0.4) is 0 Å². The zero-order valence-electron chi connectivity index (χ0n) is 23.0. The fraction of sp³-hybridized carbons (Fsp3) is 0. The lowest BCUT2D eigenvalue weighted by Gasteiger charge is -2.13. The van der Waals surface area contributed by atoms with Gasteiger partial charge in [0.25, 0.3) is 0 Å². The van der Waals surface area contributed by atoms with E-state index in [1.54, 1.807) is 0 Å². The van der Waals surface area contributed by atoms with Crippen LogP contribution in [0.25, 0.3) is 88.0 Å². The highest BCUT2D eigenvalue weighted by Gasteiger charge is 2.21. The minimum absolute atomic E-state index is 1.24. The van der Waals surface area contributed by atoms with E-state index in [1.165, 1.54) is 88.0 Å². The molecule has 0 aromatic heterocycles. The molecule has 0 saturated carbocycles. The molecule has 0 heterocycles. The second-order valence-corrected chi connectivity index (χ2v) is 11.4. The first-order valence-electron chi connectivity index (χ1n) is 14.6. The molecule has 0 amide bonds. The summed E-state index contributed by atoms with van der Waals surface area (Å²) < 4.78 is 0. The molecule has 1 aliphatic rings. The van der Waals surface area contributed by atoms with Crippen molar-refractivity contribution in [1.29, 1.82) is 0 Å². The summed E-state index contributed by atoms with van der Waals surface area (Å²) in [5.74, 6) is 0. The maximum absolute atomic E-state index is 2.38. The van der Waals surface area contributed by atoms with E-state index in [0.29, 0.717) is 0 Å². The SMILES string of the molecule is c1ccc(-c2ccc3cc(-c4cc5c6c(cccc6c4)-c4ccccc4-5)ccc3c2)c(-c2ccc3ccccc3c2)c1. The summed E-state index contributed by atoms with van der Waals surface area (Å²) in [6, 6.07) is 58.1. The molecule has 0 saturated heterocycles. The molecule has 0 atom stereocenters. The largest absolute Gasteiger partial charge is 0.0616 e. The summed E-state index contributed by atoms with van der Waals surface area (Å²) in [6.45, 7) is 0. The Kier molecular flexibility index (Phi) is 5.00. The van der Waals surface area contributed by atoms with Crippen LogP contribution in [0, 0.1) is 0 Å². The molecule has 0 N–H and O–H groups in total. The molecule has 0 fully saturated rings. The summed E-state index contributed by atoms with van der Waals surface area (Å²) >= 11 is 0. The highest BCUT2D eigenvalue weighted by atomic mass is 14.2. The normalized spacial score (nSPS) is 11.8. The van der Waals surface area contributed by atoms with Crippen LogP contribution in [0.5, 0.6) is 0 Å². The molecule has 42 heavy (non-hydrogen) atoms. The fourth-order valence-corrected chi connectivity index (χ4v) is 6.92. The summed E-state index contributed by atoms with van der Waals surface area (Å²) in [5.41, 5.74) is 12.9. The number of fused-ring (bicyclic) bond motifs is 5. The Morgan fingerprint density at radius 1 is 0.214 bits per heavy atom. The maximum Gasteiger partial charge on any atom is -0.00259 e. The number of hydrogen-bond donors (Lipinski definition) is 0. The highest BCUT2D eigenvalue weighted by Crippen LogP contribution is 2.48. The molecular formula is C42H26. The van der Waals surface area contributed by atoms with E-state index in [0.717, 1.165) is 0 Å². The van der Waals surface area contributed by atoms with Crippen LogP contribution in [0.4, 0.5) is 0 Å². The third-order valence-electron chi connectivity index (χ3n) is 8.96. The molecule has 8 aromatic carbocycles. The van der Waals surface area contributed by atoms with Crippen molar-refractivity contribution in [1.82, 2.24) is 0 Å². The first kappa shape index (κ1) is 23.3. The lowest BCUT2D eigenvalue weighted by Crippen LogP contribution is -1.87. The van der Waals surface area contributed by atoms with Gasteiger partial charge in [0.15, 0.2) is 0 Å². The molecule has 0 heteroatoms. The Bertz CT molecular complexity index is 2350. The molecule has 0 unspecified atom stereocenters. The number of hydrogen-bond acceptors (Lipinski definition) is 0. The highest BCUT2D eigenvalue weighted by molar-refractivity contribution is 6.16. The Labute approximate surface area is 245 Å². The van der Waals surface area contributed by atoms with E-state index >= 15 is 0 Å². The molecule has 9 rings (SSSR count). The van der Waals surface area contributed by atoms with E-state index in [1.807, 2.05) is 0 Å². The second kappa shape index (κ2) is 9.03. The second-order valence-electron chi connectivity index (χ2n) is 11.4. The monoisotopic (exact) mass is 530 g/mol. The molecule has 0 bridgehead atoms. The van der Waals surface area contributed by atoms with E-state index in [4.69, 9.17) is 0 Å². The first-order chi connectivity index (χ1) is 20.8. The summed E-state index contributed by atoms with van der Waals surface area (Å²) in [5, 5.41) is 7.72. The van der Waals surface area contributed by atoms with Gasteiger partial charge in [-0.05, 0) is 118 Å². The molecule has 0 radical (unpaired) electrons. The minimum Gasteiger partial charge on any atom is -0.0616 e. The lowest BCUT2D eigenvalue weighted by molar-refractivity contribution is 1.60. The summed E-state index contributed by atoms with van der Waals surface area (Å²) in [7, 11) is 0. The van der Waals surface area contributed by atoms with Gasteiger partial charge in [0.1, 0.15) is 0 Å². The van der Waals surface area contributed by atoms with Crippen molar-refractivity contribution in [3.63, 3.8) is 0 Å². The lowest BCUT2D eigenvalue weighted by atomic mass is 9.91. The standard InChI is InChI=1S/C42H26/c1-2-9-28-23-32(20-16-27(28)8-1)36-11-3-4-12-37(36)33-21-19-29-22-31(18-17-30(29)24-33)35-25-34-10-7-15-40-38-13-5-6-14-39(38)41(26-35)42(34)40/h1-26H. The van der Waals surface area contributed by atoms with E-state index in [2.05, 4.69) is 158 Å². The molecular weight excluding hydrogens is 504 g/mol. The topological polar surface area (TPSA) is 0 Å². The zero-order valence-corrected chi connectivity index (χ0v) is 23.0. The van der Waals surface area contributed by atoms with Gasteiger partial charge in [-0.25, -0.2) is 0 Å². The molecule has 0 nitrogen and oxygen atoms in total. The van der Waals surface area contributed by atoms with Gasteiger partial charge >= 0.3 is 0 Å². The van der Waals surface area contributed by atoms with Crippen molar-refractivity contribution < 1.29 is 0 Å². The number of rotatable bonds is 3.